The summed E-state index contributed by atoms with van der Waals surface area (Å²) in [4.78, 5) is 12.3. The fourth-order valence-corrected chi connectivity index (χ4v) is 3.23. The van der Waals surface area contributed by atoms with Gasteiger partial charge in [0.2, 0.25) is 0 Å². The lowest BCUT2D eigenvalue weighted by Gasteiger charge is -2.30. The van der Waals surface area contributed by atoms with E-state index in [2.05, 4.69) is 27.7 Å². The molecule has 1 N–H and O–H groups in total. The van der Waals surface area contributed by atoms with Crippen molar-refractivity contribution in [3.63, 3.8) is 0 Å². The largest absolute Gasteiger partial charge is 0.508 e. The number of ether oxygens (including phenoxy) is 1. The van der Waals surface area contributed by atoms with Crippen LogP contribution >= 0.6 is 0 Å². The molecule has 0 spiro atoms. The van der Waals surface area contributed by atoms with Crippen LogP contribution in [0.25, 0.3) is 0 Å². The van der Waals surface area contributed by atoms with Gasteiger partial charge in [-0.05, 0) is 48.8 Å². The minimum atomic E-state index is -0.0530. The van der Waals surface area contributed by atoms with Crippen molar-refractivity contribution in [3.8, 4) is 5.75 Å². The minimum absolute atomic E-state index is 0.0265. The molecule has 3 nitrogen and oxygen atoms in total. The van der Waals surface area contributed by atoms with Crippen LogP contribution in [0.5, 0.6) is 5.75 Å². The molecule has 1 unspecified atom stereocenters. The van der Waals surface area contributed by atoms with E-state index in [1.54, 1.807) is 12.1 Å². The van der Waals surface area contributed by atoms with Crippen molar-refractivity contribution >= 4 is 5.97 Å². The summed E-state index contributed by atoms with van der Waals surface area (Å²) in [6.45, 7) is 11.0. The van der Waals surface area contributed by atoms with Crippen molar-refractivity contribution in [2.45, 2.75) is 65.7 Å². The molecule has 1 aromatic rings. The maximum Gasteiger partial charge on any atom is 0.309 e. The van der Waals surface area contributed by atoms with E-state index in [1.807, 2.05) is 19.1 Å². The summed E-state index contributed by atoms with van der Waals surface area (Å²) in [6, 6.07) is 7.37. The molecule has 1 aromatic carbocycles. The lowest BCUT2D eigenvalue weighted by molar-refractivity contribution is -0.150. The third kappa shape index (κ3) is 5.56. The van der Waals surface area contributed by atoms with Gasteiger partial charge >= 0.3 is 5.97 Å². The second kappa shape index (κ2) is 8.95. The number of aromatic hydroxyl groups is 1. The first-order chi connectivity index (χ1) is 10.9. The summed E-state index contributed by atoms with van der Waals surface area (Å²) in [5.74, 6) is 0.583. The van der Waals surface area contributed by atoms with Crippen LogP contribution in [0.4, 0.5) is 0 Å². The maximum atomic E-state index is 12.3. The van der Waals surface area contributed by atoms with E-state index in [4.69, 9.17) is 4.74 Å². The molecule has 0 saturated carbocycles. The molecule has 0 fully saturated rings. The van der Waals surface area contributed by atoms with Crippen LogP contribution in [0.1, 0.15) is 65.9 Å². The molecule has 0 heterocycles. The molecule has 1 rings (SSSR count). The van der Waals surface area contributed by atoms with E-state index in [0.717, 1.165) is 25.7 Å². The number of phenolic OH excluding ortho intramolecular Hbond substituents is 1. The maximum absolute atomic E-state index is 12.3. The van der Waals surface area contributed by atoms with Gasteiger partial charge in [-0.25, -0.2) is 0 Å². The predicted molar refractivity (Wildman–Crippen MR) is 94.6 cm³/mol. The molecule has 0 aliphatic rings. The number of esters is 1. The number of carbonyl (C=O) groups excluding carboxylic acids is 1. The van der Waals surface area contributed by atoms with E-state index in [1.165, 1.54) is 5.56 Å². The molecule has 3 heteroatoms. The molecular weight excluding hydrogens is 288 g/mol. The Hall–Kier alpha value is -1.51. The fourth-order valence-electron chi connectivity index (χ4n) is 3.23. The smallest absolute Gasteiger partial charge is 0.309 e. The summed E-state index contributed by atoms with van der Waals surface area (Å²) in [6.07, 6.45) is 3.75. The van der Waals surface area contributed by atoms with Gasteiger partial charge in [0.1, 0.15) is 5.75 Å². The molecule has 0 amide bonds. The Labute approximate surface area is 141 Å². The van der Waals surface area contributed by atoms with Gasteiger partial charge in [-0.3, -0.25) is 4.79 Å². The summed E-state index contributed by atoms with van der Waals surface area (Å²) in [5, 5.41) is 9.45. The summed E-state index contributed by atoms with van der Waals surface area (Å²) >= 11 is 0. The van der Waals surface area contributed by atoms with Crippen LogP contribution in [-0.2, 0) is 14.9 Å². The molecule has 0 aliphatic heterocycles. The molecule has 130 valence electrons. The Morgan fingerprint density at radius 3 is 2.17 bits per heavy atom. The van der Waals surface area contributed by atoms with Crippen molar-refractivity contribution in [1.29, 1.82) is 0 Å². The van der Waals surface area contributed by atoms with Gasteiger partial charge in [-0.2, -0.15) is 0 Å². The zero-order valence-electron chi connectivity index (χ0n) is 15.3. The molecule has 0 radical (unpaired) electrons. The zero-order chi connectivity index (χ0) is 17.5. The molecule has 0 aliphatic carbocycles. The van der Waals surface area contributed by atoms with E-state index >= 15 is 0 Å². The summed E-state index contributed by atoms with van der Waals surface area (Å²) in [7, 11) is 0. The molecule has 1 atom stereocenters. The van der Waals surface area contributed by atoms with Crippen molar-refractivity contribution in [1.82, 2.24) is 0 Å². The Bertz CT molecular complexity index is 472. The van der Waals surface area contributed by atoms with E-state index < -0.39 is 0 Å². The highest BCUT2D eigenvalue weighted by molar-refractivity contribution is 5.72. The third-order valence-electron chi connectivity index (χ3n) is 4.94. The first kappa shape index (κ1) is 19.5. The van der Waals surface area contributed by atoms with Crippen LogP contribution in [0.2, 0.25) is 0 Å². The molecular formula is C20H32O3. The van der Waals surface area contributed by atoms with Crippen LogP contribution in [-0.4, -0.2) is 17.7 Å². The molecule has 23 heavy (non-hydrogen) atoms. The quantitative estimate of drug-likeness (QED) is 0.646. The third-order valence-corrected chi connectivity index (χ3v) is 4.94. The standard InChI is InChI=1S/C20H32O3/c1-6-15(7-2)18(19(22)23-8-3)13-14-20(4,5)16-9-11-17(21)12-10-16/h9-12,15,18,21H,6-8,13-14H2,1-5H3. The Kier molecular flexibility index (Phi) is 7.60. The normalized spacial score (nSPS) is 13.1. The van der Waals surface area contributed by atoms with Crippen molar-refractivity contribution in [2.75, 3.05) is 6.61 Å². The number of carbonyl (C=O) groups is 1. The first-order valence-corrected chi connectivity index (χ1v) is 8.81. The van der Waals surface area contributed by atoms with Gasteiger partial charge in [0.05, 0.1) is 12.5 Å². The topological polar surface area (TPSA) is 46.5 Å². The van der Waals surface area contributed by atoms with Crippen molar-refractivity contribution in [3.05, 3.63) is 29.8 Å². The predicted octanol–water partition coefficient (Wildman–Crippen LogP) is 5.07. The Balaban J connectivity index is 2.82. The van der Waals surface area contributed by atoms with Crippen LogP contribution in [0, 0.1) is 11.8 Å². The van der Waals surface area contributed by atoms with Gasteiger partial charge in [-0.1, -0.05) is 52.7 Å². The molecule has 0 aromatic heterocycles. The highest BCUT2D eigenvalue weighted by Gasteiger charge is 2.30. The lowest BCUT2D eigenvalue weighted by Crippen LogP contribution is -2.28. The average molecular weight is 320 g/mol. The number of hydrogen-bond acceptors (Lipinski definition) is 3. The highest BCUT2D eigenvalue weighted by atomic mass is 16.5. The highest BCUT2D eigenvalue weighted by Crippen LogP contribution is 2.34. The van der Waals surface area contributed by atoms with Gasteiger partial charge in [0.15, 0.2) is 0 Å². The van der Waals surface area contributed by atoms with Crippen LogP contribution < -0.4 is 0 Å². The second-order valence-corrected chi connectivity index (χ2v) is 6.90. The van der Waals surface area contributed by atoms with Crippen LogP contribution in [0.3, 0.4) is 0 Å². The fraction of sp³-hybridized carbons (Fsp3) is 0.650. The Morgan fingerprint density at radius 2 is 1.70 bits per heavy atom. The number of rotatable bonds is 9. The number of phenols is 1. The molecule has 0 bridgehead atoms. The van der Waals surface area contributed by atoms with Gasteiger partial charge < -0.3 is 9.84 Å². The van der Waals surface area contributed by atoms with Gasteiger partial charge in [-0.15, -0.1) is 0 Å². The van der Waals surface area contributed by atoms with Gasteiger partial charge in [0.25, 0.3) is 0 Å². The first-order valence-electron chi connectivity index (χ1n) is 8.81. The van der Waals surface area contributed by atoms with E-state index in [9.17, 15) is 9.90 Å². The molecule has 0 saturated heterocycles. The second-order valence-electron chi connectivity index (χ2n) is 6.90. The average Bonchev–Trinajstić information content (AvgIpc) is 2.52. The number of benzene rings is 1. The minimum Gasteiger partial charge on any atom is -0.508 e. The van der Waals surface area contributed by atoms with Crippen molar-refractivity contribution in [2.24, 2.45) is 11.8 Å². The number of hydrogen-bond donors (Lipinski definition) is 1. The SMILES string of the molecule is CCOC(=O)C(CCC(C)(C)c1ccc(O)cc1)C(CC)CC. The van der Waals surface area contributed by atoms with Crippen molar-refractivity contribution < 1.29 is 14.6 Å². The van der Waals surface area contributed by atoms with E-state index in [0.29, 0.717) is 12.5 Å². The summed E-state index contributed by atoms with van der Waals surface area (Å²) in [5.41, 5.74) is 1.15. The van der Waals surface area contributed by atoms with Gasteiger partial charge in [0, 0.05) is 0 Å². The van der Waals surface area contributed by atoms with Crippen LogP contribution in [0.15, 0.2) is 24.3 Å². The lowest BCUT2D eigenvalue weighted by atomic mass is 9.75. The summed E-state index contributed by atoms with van der Waals surface area (Å²) < 4.78 is 5.30. The zero-order valence-corrected chi connectivity index (χ0v) is 15.3. The van der Waals surface area contributed by atoms with E-state index in [-0.39, 0.29) is 23.1 Å². The monoisotopic (exact) mass is 320 g/mol. The Morgan fingerprint density at radius 1 is 1.13 bits per heavy atom.